The Morgan fingerprint density at radius 3 is 2.29 bits per heavy atom. The minimum absolute atomic E-state index is 0.0177. The van der Waals surface area contributed by atoms with Gasteiger partial charge in [-0.3, -0.25) is 0 Å². The summed E-state index contributed by atoms with van der Waals surface area (Å²) in [4.78, 5) is 0. The summed E-state index contributed by atoms with van der Waals surface area (Å²) in [5, 5.41) is 12.1. The normalized spacial score (nSPS) is 10.2. The first kappa shape index (κ1) is 11.4. The van der Waals surface area contributed by atoms with Gasteiger partial charge in [0.15, 0.2) is 0 Å². The largest absolute Gasteiger partial charge is 0.508 e. The summed E-state index contributed by atoms with van der Waals surface area (Å²) in [6.07, 6.45) is 0. The third-order valence-electron chi connectivity index (χ3n) is 2.38. The monoisotopic (exact) mass is 235 g/mol. The second-order valence-electron chi connectivity index (χ2n) is 3.60. The highest BCUT2D eigenvalue weighted by molar-refractivity contribution is 5.48. The van der Waals surface area contributed by atoms with Gasteiger partial charge in [0.2, 0.25) is 0 Å². The Morgan fingerprint density at radius 1 is 1.00 bits per heavy atom. The number of benzene rings is 2. The number of nitrogens with one attached hydrogen (secondary N) is 1. The lowest BCUT2D eigenvalue weighted by Crippen LogP contribution is -2.04. The van der Waals surface area contributed by atoms with Crippen molar-refractivity contribution in [1.29, 1.82) is 0 Å². The molecule has 2 nitrogen and oxygen atoms in total. The number of halogens is 2. The van der Waals surface area contributed by atoms with E-state index in [0.717, 1.165) is 0 Å². The van der Waals surface area contributed by atoms with Gasteiger partial charge in [-0.05, 0) is 24.3 Å². The molecule has 88 valence electrons. The van der Waals surface area contributed by atoms with Crippen LogP contribution in [0.1, 0.15) is 5.56 Å². The van der Waals surface area contributed by atoms with Crippen LogP contribution in [0.5, 0.6) is 5.75 Å². The van der Waals surface area contributed by atoms with Crippen molar-refractivity contribution in [2.24, 2.45) is 0 Å². The average molecular weight is 235 g/mol. The van der Waals surface area contributed by atoms with Gasteiger partial charge in [-0.15, -0.1) is 0 Å². The van der Waals surface area contributed by atoms with Crippen molar-refractivity contribution in [2.75, 3.05) is 5.32 Å². The van der Waals surface area contributed by atoms with Crippen LogP contribution in [0.25, 0.3) is 0 Å². The van der Waals surface area contributed by atoms with Crippen molar-refractivity contribution in [2.45, 2.75) is 6.54 Å². The smallest absolute Gasteiger partial charge is 0.131 e. The Hall–Kier alpha value is -2.10. The van der Waals surface area contributed by atoms with Crippen molar-refractivity contribution in [3.8, 4) is 5.75 Å². The Kier molecular flexibility index (Phi) is 3.23. The molecule has 2 N–H and O–H groups in total. The fourth-order valence-corrected chi connectivity index (χ4v) is 1.51. The Labute approximate surface area is 97.5 Å². The maximum Gasteiger partial charge on any atom is 0.131 e. The zero-order valence-corrected chi connectivity index (χ0v) is 8.95. The van der Waals surface area contributed by atoms with Gasteiger partial charge in [-0.25, -0.2) is 8.78 Å². The first-order valence-electron chi connectivity index (χ1n) is 5.12. The molecule has 0 saturated heterocycles. The van der Waals surface area contributed by atoms with E-state index < -0.39 is 11.6 Å². The van der Waals surface area contributed by atoms with E-state index in [-0.39, 0.29) is 17.9 Å². The van der Waals surface area contributed by atoms with Crippen LogP contribution >= 0.6 is 0 Å². The molecule has 0 spiro atoms. The average Bonchev–Trinajstić information content (AvgIpc) is 2.28. The third kappa shape index (κ3) is 2.72. The summed E-state index contributed by atoms with van der Waals surface area (Å²) >= 11 is 0. The van der Waals surface area contributed by atoms with E-state index in [4.69, 9.17) is 0 Å². The lowest BCUT2D eigenvalue weighted by molar-refractivity contribution is 0.475. The molecule has 0 fully saturated rings. The highest BCUT2D eigenvalue weighted by Crippen LogP contribution is 2.18. The predicted molar refractivity (Wildman–Crippen MR) is 61.8 cm³/mol. The topological polar surface area (TPSA) is 32.3 Å². The highest BCUT2D eigenvalue weighted by atomic mass is 19.1. The van der Waals surface area contributed by atoms with Crippen LogP contribution in [-0.2, 0) is 6.54 Å². The molecule has 0 radical (unpaired) electrons. The lowest BCUT2D eigenvalue weighted by Gasteiger charge is -2.08. The molecule has 2 rings (SSSR count). The molecule has 0 atom stereocenters. The number of hydrogen-bond acceptors (Lipinski definition) is 2. The van der Waals surface area contributed by atoms with Crippen LogP contribution in [0.3, 0.4) is 0 Å². The second-order valence-corrected chi connectivity index (χ2v) is 3.60. The molecule has 0 heterocycles. The van der Waals surface area contributed by atoms with E-state index in [0.29, 0.717) is 5.69 Å². The van der Waals surface area contributed by atoms with E-state index in [1.165, 1.54) is 30.3 Å². The number of aromatic hydroxyl groups is 1. The van der Waals surface area contributed by atoms with Gasteiger partial charge >= 0.3 is 0 Å². The molecule has 4 heteroatoms. The van der Waals surface area contributed by atoms with Crippen molar-refractivity contribution in [3.05, 3.63) is 59.7 Å². The van der Waals surface area contributed by atoms with Gasteiger partial charge in [0.1, 0.15) is 17.4 Å². The van der Waals surface area contributed by atoms with Gasteiger partial charge in [0, 0.05) is 23.9 Å². The quantitative estimate of drug-likeness (QED) is 0.855. The molecule has 0 bridgehead atoms. The van der Waals surface area contributed by atoms with Gasteiger partial charge in [-0.1, -0.05) is 12.1 Å². The first-order chi connectivity index (χ1) is 8.16. The predicted octanol–water partition coefficient (Wildman–Crippen LogP) is 3.28. The van der Waals surface area contributed by atoms with Crippen LogP contribution in [0.2, 0.25) is 0 Å². The zero-order valence-electron chi connectivity index (χ0n) is 8.95. The molecule has 0 aliphatic rings. The molecule has 17 heavy (non-hydrogen) atoms. The molecule has 0 amide bonds. The van der Waals surface area contributed by atoms with Crippen LogP contribution in [-0.4, -0.2) is 5.11 Å². The van der Waals surface area contributed by atoms with Crippen molar-refractivity contribution in [3.63, 3.8) is 0 Å². The summed E-state index contributed by atoms with van der Waals surface area (Å²) in [6.45, 7) is 0.0297. The first-order valence-corrected chi connectivity index (χ1v) is 5.12. The molecule has 0 saturated carbocycles. The minimum Gasteiger partial charge on any atom is -0.508 e. The van der Waals surface area contributed by atoms with Gasteiger partial charge < -0.3 is 10.4 Å². The Bertz CT molecular complexity index is 508. The summed E-state index contributed by atoms with van der Waals surface area (Å²) < 4.78 is 26.6. The third-order valence-corrected chi connectivity index (χ3v) is 2.38. The van der Waals surface area contributed by atoms with Gasteiger partial charge in [0.05, 0.1) is 0 Å². The van der Waals surface area contributed by atoms with E-state index in [1.54, 1.807) is 12.1 Å². The molecule has 0 aliphatic heterocycles. The number of phenolic OH excluding ortho intramolecular Hbond substituents is 1. The highest BCUT2D eigenvalue weighted by Gasteiger charge is 2.07. The number of hydrogen-bond donors (Lipinski definition) is 2. The van der Waals surface area contributed by atoms with Crippen molar-refractivity contribution < 1.29 is 13.9 Å². The zero-order chi connectivity index (χ0) is 12.3. The molecule has 0 unspecified atom stereocenters. The van der Waals surface area contributed by atoms with E-state index in [9.17, 15) is 13.9 Å². The number of rotatable bonds is 3. The van der Waals surface area contributed by atoms with Crippen LogP contribution in [0.4, 0.5) is 14.5 Å². The molecule has 0 aliphatic carbocycles. The van der Waals surface area contributed by atoms with E-state index >= 15 is 0 Å². The van der Waals surface area contributed by atoms with Crippen molar-refractivity contribution in [1.82, 2.24) is 0 Å². The molecule has 2 aromatic rings. The Balaban J connectivity index is 2.13. The standard InChI is InChI=1S/C13H11F2NO/c14-12-5-2-6-13(15)11(12)8-16-9-3-1-4-10(17)7-9/h1-7,16-17H,8H2. The Morgan fingerprint density at radius 2 is 1.65 bits per heavy atom. The van der Waals surface area contributed by atoms with Gasteiger partial charge in [-0.2, -0.15) is 0 Å². The molecule has 2 aromatic carbocycles. The van der Waals surface area contributed by atoms with E-state index in [1.807, 2.05) is 0 Å². The minimum atomic E-state index is -0.586. The van der Waals surface area contributed by atoms with Crippen LogP contribution < -0.4 is 5.32 Å². The number of anilines is 1. The fraction of sp³-hybridized carbons (Fsp3) is 0.0769. The van der Waals surface area contributed by atoms with Crippen molar-refractivity contribution >= 4 is 5.69 Å². The van der Waals surface area contributed by atoms with Crippen LogP contribution in [0, 0.1) is 11.6 Å². The summed E-state index contributed by atoms with van der Waals surface area (Å²) in [5.74, 6) is -1.07. The molecule has 0 aromatic heterocycles. The second kappa shape index (κ2) is 4.82. The lowest BCUT2D eigenvalue weighted by atomic mass is 10.2. The molecular weight excluding hydrogens is 224 g/mol. The summed E-state index contributed by atoms with van der Waals surface area (Å²) in [6, 6.07) is 10.1. The SMILES string of the molecule is Oc1cccc(NCc2c(F)cccc2F)c1. The number of phenols is 1. The maximum atomic E-state index is 13.3. The van der Waals surface area contributed by atoms with E-state index in [2.05, 4.69) is 5.32 Å². The fourth-order valence-electron chi connectivity index (χ4n) is 1.51. The molecular formula is C13H11F2NO. The summed E-state index contributed by atoms with van der Waals surface area (Å²) in [5.41, 5.74) is 0.587. The maximum absolute atomic E-state index is 13.3. The van der Waals surface area contributed by atoms with Gasteiger partial charge in [0.25, 0.3) is 0 Å². The van der Waals surface area contributed by atoms with Crippen LogP contribution in [0.15, 0.2) is 42.5 Å². The summed E-state index contributed by atoms with van der Waals surface area (Å²) in [7, 11) is 0.